The monoisotopic (exact) mass is 405 g/mol. The van der Waals surface area contributed by atoms with E-state index in [0.717, 1.165) is 30.3 Å². The Hall–Kier alpha value is -2.86. The highest BCUT2D eigenvalue weighted by Crippen LogP contribution is 2.33. The van der Waals surface area contributed by atoms with Crippen molar-refractivity contribution in [2.24, 2.45) is 0 Å². The molecule has 0 aliphatic heterocycles. The molecule has 0 unspecified atom stereocenters. The predicted octanol–water partition coefficient (Wildman–Crippen LogP) is 3.31. The van der Waals surface area contributed by atoms with Crippen molar-refractivity contribution < 1.29 is 31.3 Å². The summed E-state index contributed by atoms with van der Waals surface area (Å²) in [5.74, 6) is 0. The van der Waals surface area contributed by atoms with Crippen LogP contribution >= 0.6 is 0 Å². The predicted molar refractivity (Wildman–Crippen MR) is 90.7 cm³/mol. The number of hydrogen-bond donors (Lipinski definition) is 0. The van der Waals surface area contributed by atoms with Crippen molar-refractivity contribution in [1.29, 1.82) is 0 Å². The number of halogens is 3. The highest BCUT2D eigenvalue weighted by molar-refractivity contribution is 7.92. The lowest BCUT2D eigenvalue weighted by atomic mass is 10.3. The Morgan fingerprint density at radius 3 is 2.00 bits per heavy atom. The number of sulfonamides is 1. The molecule has 8 nitrogen and oxygen atoms in total. The van der Waals surface area contributed by atoms with Crippen molar-refractivity contribution in [3.63, 3.8) is 0 Å². The molecule has 2 aromatic rings. The molecule has 27 heavy (non-hydrogen) atoms. The Labute approximate surface area is 152 Å². The summed E-state index contributed by atoms with van der Waals surface area (Å²) in [7, 11) is -1.69. The Kier molecular flexibility index (Phi) is 5.61. The molecule has 0 N–H and O–H groups in total. The van der Waals surface area contributed by atoms with Gasteiger partial charge in [-0.15, -0.1) is 17.6 Å². The van der Waals surface area contributed by atoms with Crippen molar-refractivity contribution in [3.05, 3.63) is 58.6 Å². The maximum atomic E-state index is 12.8. The van der Waals surface area contributed by atoms with Gasteiger partial charge in [0.2, 0.25) is 0 Å². The van der Waals surface area contributed by atoms with Gasteiger partial charge in [-0.25, -0.2) is 0 Å². The van der Waals surface area contributed by atoms with Crippen molar-refractivity contribution in [3.8, 4) is 0 Å². The number of anilines is 2. The minimum atomic E-state index is -5.35. The largest absolute Gasteiger partial charge is 0.544 e. The molecule has 0 saturated carbocycles. The van der Waals surface area contributed by atoms with Gasteiger partial charge in [0, 0.05) is 25.8 Å². The van der Waals surface area contributed by atoms with E-state index in [2.05, 4.69) is 4.84 Å². The third-order valence-electron chi connectivity index (χ3n) is 3.32. The first-order chi connectivity index (χ1) is 12.4. The Morgan fingerprint density at radius 2 is 1.52 bits per heavy atom. The first-order valence-corrected chi connectivity index (χ1v) is 8.69. The number of nitro benzene ring substituents is 1. The molecule has 2 aromatic carbocycles. The van der Waals surface area contributed by atoms with Crippen LogP contribution in [0.4, 0.5) is 30.2 Å². The topological polar surface area (TPSA) is 93.0 Å². The number of hydrogen-bond acceptors (Lipinski definition) is 6. The van der Waals surface area contributed by atoms with Crippen molar-refractivity contribution in [2.75, 3.05) is 23.5 Å². The van der Waals surface area contributed by atoms with Gasteiger partial charge >= 0.3 is 6.36 Å². The lowest BCUT2D eigenvalue weighted by Crippen LogP contribution is -2.37. The van der Waals surface area contributed by atoms with Crippen LogP contribution in [0.25, 0.3) is 0 Å². The van der Waals surface area contributed by atoms with Gasteiger partial charge in [0.15, 0.2) is 4.90 Å². The van der Waals surface area contributed by atoms with Gasteiger partial charge in [-0.05, 0) is 30.3 Å². The fourth-order valence-electron chi connectivity index (χ4n) is 2.12. The molecule has 0 aliphatic rings. The Morgan fingerprint density at radius 1 is 1.00 bits per heavy atom. The summed E-state index contributed by atoms with van der Waals surface area (Å²) in [6.45, 7) is 0. The second-order valence-electron chi connectivity index (χ2n) is 5.40. The number of nitro groups is 1. The number of nitrogens with zero attached hydrogens (tertiary/aromatic N) is 3. The quantitative estimate of drug-likeness (QED) is 0.541. The summed E-state index contributed by atoms with van der Waals surface area (Å²) in [6.07, 6.45) is -5.35. The molecule has 0 atom stereocenters. The average molecular weight is 405 g/mol. The zero-order valence-corrected chi connectivity index (χ0v) is 14.9. The van der Waals surface area contributed by atoms with Crippen LogP contribution in [0.2, 0.25) is 0 Å². The van der Waals surface area contributed by atoms with E-state index in [-0.39, 0.29) is 4.47 Å². The van der Waals surface area contributed by atoms with Crippen LogP contribution < -0.4 is 9.37 Å². The normalized spacial score (nSPS) is 11.9. The molecule has 0 heterocycles. The molecule has 0 aliphatic carbocycles. The van der Waals surface area contributed by atoms with E-state index >= 15 is 0 Å². The first kappa shape index (κ1) is 20.5. The number of alkyl halides is 3. The summed E-state index contributed by atoms with van der Waals surface area (Å²) < 4.78 is 63.6. The van der Waals surface area contributed by atoms with E-state index in [9.17, 15) is 31.7 Å². The number of benzene rings is 2. The van der Waals surface area contributed by atoms with Crippen LogP contribution in [-0.2, 0) is 14.9 Å². The molecule has 0 radical (unpaired) electrons. The standard InChI is InChI=1S/C15H14F3N3O5S/c1-19(2)11-7-9-12(10-8-11)21(26-15(16,17)18)27(24,25)14-6-4-3-5-13(14)20(22)23/h3-10H,1-2H3. The molecule has 0 spiro atoms. The molecule has 0 fully saturated rings. The third kappa shape index (κ3) is 4.65. The summed E-state index contributed by atoms with van der Waals surface area (Å²) in [5, 5.41) is 11.1. The van der Waals surface area contributed by atoms with Crippen LogP contribution in [0.3, 0.4) is 0 Å². The van der Waals surface area contributed by atoms with Gasteiger partial charge in [0.05, 0.1) is 10.6 Å². The molecule has 0 saturated heterocycles. The van der Waals surface area contributed by atoms with E-state index in [1.807, 2.05) is 0 Å². The SMILES string of the molecule is CN(C)c1ccc(N(OC(F)(F)F)S(=O)(=O)c2ccccc2[N+](=O)[O-])cc1. The van der Waals surface area contributed by atoms with Gasteiger partial charge in [-0.3, -0.25) is 10.1 Å². The van der Waals surface area contributed by atoms with Crippen LogP contribution in [0.5, 0.6) is 0 Å². The molecule has 0 aromatic heterocycles. The fourth-order valence-corrected chi connectivity index (χ4v) is 3.54. The highest BCUT2D eigenvalue weighted by atomic mass is 32.2. The van der Waals surface area contributed by atoms with Crippen molar-refractivity contribution >= 4 is 27.1 Å². The summed E-state index contributed by atoms with van der Waals surface area (Å²) in [4.78, 5) is 14.5. The van der Waals surface area contributed by atoms with Gasteiger partial charge < -0.3 is 4.90 Å². The third-order valence-corrected chi connectivity index (χ3v) is 4.94. The number of para-hydroxylation sites is 1. The number of rotatable bonds is 6. The molecular weight excluding hydrogens is 391 g/mol. The Bertz CT molecular complexity index is 930. The second kappa shape index (κ2) is 7.40. The minimum Gasteiger partial charge on any atom is -0.378 e. The van der Waals surface area contributed by atoms with Crippen LogP contribution in [0.1, 0.15) is 0 Å². The van der Waals surface area contributed by atoms with Crippen LogP contribution in [-0.4, -0.2) is 33.8 Å². The first-order valence-electron chi connectivity index (χ1n) is 7.25. The van der Waals surface area contributed by atoms with Crippen molar-refractivity contribution in [1.82, 2.24) is 0 Å². The summed E-state index contributed by atoms with van der Waals surface area (Å²) in [5.41, 5.74) is -0.761. The summed E-state index contributed by atoms with van der Waals surface area (Å²) in [6, 6.07) is 8.97. The molecule has 0 amide bonds. The van der Waals surface area contributed by atoms with Crippen LogP contribution in [0, 0.1) is 10.1 Å². The van der Waals surface area contributed by atoms with E-state index in [1.165, 1.54) is 18.2 Å². The lowest BCUT2D eigenvalue weighted by molar-refractivity contribution is -0.387. The average Bonchev–Trinajstić information content (AvgIpc) is 2.59. The zero-order chi connectivity index (χ0) is 20.4. The molecule has 0 bridgehead atoms. The zero-order valence-electron chi connectivity index (χ0n) is 14.0. The lowest BCUT2D eigenvalue weighted by Gasteiger charge is -2.24. The molecular formula is C15H14F3N3O5S. The van der Waals surface area contributed by atoms with Gasteiger partial charge in [0.1, 0.15) is 0 Å². The van der Waals surface area contributed by atoms with Gasteiger partial charge in [-0.2, -0.15) is 13.3 Å². The molecule has 2 rings (SSSR count). The fraction of sp³-hybridized carbons (Fsp3) is 0.200. The maximum Gasteiger partial charge on any atom is 0.544 e. The van der Waals surface area contributed by atoms with Gasteiger partial charge in [-0.1, -0.05) is 12.1 Å². The van der Waals surface area contributed by atoms with E-state index in [1.54, 1.807) is 19.0 Å². The highest BCUT2D eigenvalue weighted by Gasteiger charge is 2.41. The summed E-state index contributed by atoms with van der Waals surface area (Å²) >= 11 is 0. The smallest absolute Gasteiger partial charge is 0.378 e. The van der Waals surface area contributed by atoms with E-state index < -0.39 is 37.6 Å². The van der Waals surface area contributed by atoms with E-state index in [0.29, 0.717) is 5.69 Å². The maximum absolute atomic E-state index is 12.8. The molecule has 146 valence electrons. The van der Waals surface area contributed by atoms with Crippen molar-refractivity contribution in [2.45, 2.75) is 11.3 Å². The second-order valence-corrected chi connectivity index (χ2v) is 7.13. The molecule has 12 heteroatoms. The van der Waals surface area contributed by atoms with Crippen LogP contribution in [0.15, 0.2) is 53.4 Å². The Balaban J connectivity index is 2.62. The minimum absolute atomic E-state index is 0.380. The van der Waals surface area contributed by atoms with Gasteiger partial charge in [0.25, 0.3) is 15.7 Å². The van der Waals surface area contributed by atoms with E-state index in [4.69, 9.17) is 0 Å².